The summed E-state index contributed by atoms with van der Waals surface area (Å²) < 4.78 is 52.6. The first-order chi connectivity index (χ1) is 18.1. The Labute approximate surface area is 338 Å². The van der Waals surface area contributed by atoms with Crippen LogP contribution in [-0.2, 0) is 37.1 Å². The monoisotopic (exact) mass is 702 g/mol. The van der Waals surface area contributed by atoms with Crippen LogP contribution in [0, 0.1) is 5.92 Å². The quantitative estimate of drug-likeness (QED) is 0.0782. The van der Waals surface area contributed by atoms with Gasteiger partial charge in [-0.05, 0) is 18.8 Å². The molecule has 43 heavy (non-hydrogen) atoms. The van der Waals surface area contributed by atoms with Gasteiger partial charge in [0, 0.05) is 0 Å². The maximum absolute atomic E-state index is 11.2. The second-order valence-corrected chi connectivity index (χ2v) is 11.5. The summed E-state index contributed by atoms with van der Waals surface area (Å²) in [5, 5.41) is 51.4. The Kier molecular flexibility index (Phi) is 28.7. The number of phosphoric ester groups is 2. The zero-order valence-electron chi connectivity index (χ0n) is 25.3. The maximum Gasteiger partial charge on any atom is 1.00 e. The smallest absolute Gasteiger partial charge is 0.790 e. The van der Waals surface area contributed by atoms with Gasteiger partial charge in [-0.15, -0.1) is 0 Å². The van der Waals surface area contributed by atoms with E-state index < -0.39 is 90.3 Å². The molecule has 2 heterocycles. The maximum atomic E-state index is 11.2. The average Bonchev–Trinajstić information content (AvgIpc) is 2.83. The van der Waals surface area contributed by atoms with Gasteiger partial charge in [0.1, 0.15) is 48.8 Å². The van der Waals surface area contributed by atoms with Crippen LogP contribution in [-0.4, -0.2) is 107 Å². The summed E-state index contributed by atoms with van der Waals surface area (Å²) in [5.41, 5.74) is 0. The molecule has 2 aliphatic rings. The standard InChI is InChI=1S/C20H40O17P2.4Na/c1-3-5-10(6-4-2)9-32-19-14(24)13(23)16(11(7-21)33-19)35-20-15(25)18(37-39(29,30)31)17(12(8-22)34-20)36-38(26,27)28;;;;/h10-25H,3-9H2,1-2H3,(H2,26,27,28)(H2,29,30,31);;;;/q;4*+1/p-4/t11-,12-,13-,14-,15-,16-,17+,18-,19-,20+;;;;/m1..../s1. The number of hydrogen-bond donors (Lipinski definition) is 5. The van der Waals surface area contributed by atoms with E-state index >= 15 is 0 Å². The van der Waals surface area contributed by atoms with Crippen LogP contribution in [0.25, 0.3) is 0 Å². The number of phosphoric acid groups is 2. The Bertz CT molecular complexity index is 833. The number of aliphatic hydroxyl groups excluding tert-OH is 5. The SMILES string of the molecule is CCCC(CCC)CO[C@@H]1O[C@H](CO)[C@@H](O[C@@H]2O[C@H](CO)[C@H](OP(=O)([O-])[O-])[C@H](OP(=O)([O-])[O-])[C@H]2O)[C@H](O)[C@H]1O.[Na+].[Na+].[Na+].[Na+]. The third kappa shape index (κ3) is 16.6. The van der Waals surface area contributed by atoms with Crippen LogP contribution in [0.5, 0.6) is 0 Å². The van der Waals surface area contributed by atoms with Crippen LogP contribution in [0.1, 0.15) is 39.5 Å². The molecule has 10 atom stereocenters. The molecule has 232 valence electrons. The van der Waals surface area contributed by atoms with Crippen molar-refractivity contribution in [2.24, 2.45) is 5.92 Å². The molecule has 2 aliphatic heterocycles. The van der Waals surface area contributed by atoms with Gasteiger partial charge in [-0.2, -0.15) is 0 Å². The molecule has 2 fully saturated rings. The molecule has 0 radical (unpaired) electrons. The fourth-order valence-electron chi connectivity index (χ4n) is 4.57. The molecule has 2 saturated heterocycles. The van der Waals surface area contributed by atoms with Crippen molar-refractivity contribution in [3.8, 4) is 0 Å². The fraction of sp³-hybridized carbons (Fsp3) is 1.00. The van der Waals surface area contributed by atoms with Gasteiger partial charge in [-0.25, -0.2) is 0 Å². The molecule has 0 aromatic heterocycles. The predicted molar refractivity (Wildman–Crippen MR) is 119 cm³/mol. The van der Waals surface area contributed by atoms with E-state index in [9.17, 15) is 54.2 Å². The summed E-state index contributed by atoms with van der Waals surface area (Å²) in [7, 11) is -11.8. The molecule has 23 heteroatoms. The molecule has 0 saturated carbocycles. The largest absolute Gasteiger partial charge is 1.00 e. The fourth-order valence-corrected chi connectivity index (χ4v) is 5.67. The predicted octanol–water partition coefficient (Wildman–Crippen LogP) is -16.4. The molecule has 0 bridgehead atoms. The molecule has 0 spiro atoms. The molecule has 0 aromatic carbocycles. The molecule has 2 rings (SSSR count). The number of aliphatic hydroxyl groups is 5. The van der Waals surface area contributed by atoms with Crippen LogP contribution in [0.3, 0.4) is 0 Å². The van der Waals surface area contributed by atoms with Crippen molar-refractivity contribution in [3.05, 3.63) is 0 Å². The van der Waals surface area contributed by atoms with E-state index in [0.717, 1.165) is 25.7 Å². The molecule has 0 unspecified atom stereocenters. The van der Waals surface area contributed by atoms with Crippen LogP contribution in [0.4, 0.5) is 0 Å². The summed E-state index contributed by atoms with van der Waals surface area (Å²) in [4.78, 5) is 44.8. The molecule has 17 nitrogen and oxygen atoms in total. The van der Waals surface area contributed by atoms with E-state index in [1.807, 2.05) is 13.8 Å². The van der Waals surface area contributed by atoms with Gasteiger partial charge in [0.05, 0.1) is 35.5 Å². The minimum absolute atomic E-state index is 0. The third-order valence-corrected chi connectivity index (χ3v) is 7.30. The molecular formula is C20H36Na4O17P2. The van der Waals surface area contributed by atoms with E-state index in [4.69, 9.17) is 18.9 Å². The summed E-state index contributed by atoms with van der Waals surface area (Å²) in [6.45, 7) is 2.26. The Morgan fingerprint density at radius 1 is 0.698 bits per heavy atom. The summed E-state index contributed by atoms with van der Waals surface area (Å²) in [6.07, 6.45) is -15.5. The number of ether oxygens (including phenoxy) is 4. The van der Waals surface area contributed by atoms with Crippen molar-refractivity contribution in [3.63, 3.8) is 0 Å². The van der Waals surface area contributed by atoms with Crippen molar-refractivity contribution in [2.45, 2.75) is 101 Å². The zero-order chi connectivity index (χ0) is 29.5. The second kappa shape index (κ2) is 24.1. The van der Waals surface area contributed by atoms with E-state index in [1.54, 1.807) is 0 Å². The number of rotatable bonds is 15. The summed E-state index contributed by atoms with van der Waals surface area (Å²) >= 11 is 0. The Balaban J connectivity index is -0.00000400. The normalized spacial score (nSPS) is 33.0. The molecular weight excluding hydrogens is 666 g/mol. The van der Waals surface area contributed by atoms with E-state index in [-0.39, 0.29) is 131 Å². The van der Waals surface area contributed by atoms with Gasteiger partial charge in [-0.1, -0.05) is 26.7 Å². The van der Waals surface area contributed by atoms with Gasteiger partial charge < -0.3 is 82.2 Å². The Morgan fingerprint density at radius 3 is 1.58 bits per heavy atom. The third-order valence-electron chi connectivity index (χ3n) is 6.30. The topological polar surface area (TPSA) is 283 Å². The van der Waals surface area contributed by atoms with Crippen LogP contribution in [0.2, 0.25) is 0 Å². The van der Waals surface area contributed by atoms with Crippen molar-refractivity contribution in [2.75, 3.05) is 19.8 Å². The van der Waals surface area contributed by atoms with E-state index in [0.29, 0.717) is 0 Å². The summed E-state index contributed by atoms with van der Waals surface area (Å²) in [6, 6.07) is 0. The Hall–Kier alpha value is 3.86. The van der Waals surface area contributed by atoms with E-state index in [1.165, 1.54) is 0 Å². The summed E-state index contributed by atoms with van der Waals surface area (Å²) in [5.74, 6) is 0.152. The minimum atomic E-state index is -5.95. The first kappa shape index (κ1) is 51.2. The number of hydrogen-bond acceptors (Lipinski definition) is 17. The van der Waals surface area contributed by atoms with Crippen molar-refractivity contribution >= 4 is 15.6 Å². The van der Waals surface area contributed by atoms with Crippen LogP contribution < -0.4 is 138 Å². The van der Waals surface area contributed by atoms with Crippen molar-refractivity contribution < 1.29 is 200 Å². The van der Waals surface area contributed by atoms with Crippen molar-refractivity contribution in [1.29, 1.82) is 0 Å². The second-order valence-electron chi connectivity index (χ2n) is 9.33. The first-order valence-corrected chi connectivity index (χ1v) is 15.3. The minimum Gasteiger partial charge on any atom is -0.790 e. The van der Waals surface area contributed by atoms with Crippen LogP contribution in [0.15, 0.2) is 0 Å². The van der Waals surface area contributed by atoms with Crippen LogP contribution >= 0.6 is 15.6 Å². The first-order valence-electron chi connectivity index (χ1n) is 12.4. The van der Waals surface area contributed by atoms with Gasteiger partial charge in [0.25, 0.3) is 0 Å². The van der Waals surface area contributed by atoms with Crippen molar-refractivity contribution in [1.82, 2.24) is 0 Å². The molecule has 0 aliphatic carbocycles. The zero-order valence-corrected chi connectivity index (χ0v) is 35.1. The van der Waals surface area contributed by atoms with E-state index in [2.05, 4.69) is 9.05 Å². The molecule has 0 amide bonds. The Morgan fingerprint density at radius 2 is 1.14 bits per heavy atom. The van der Waals surface area contributed by atoms with Gasteiger partial charge >= 0.3 is 118 Å². The van der Waals surface area contributed by atoms with Gasteiger partial charge in [0.15, 0.2) is 12.6 Å². The van der Waals surface area contributed by atoms with Gasteiger partial charge in [0.2, 0.25) is 0 Å². The molecule has 5 N–H and O–H groups in total. The molecule has 0 aromatic rings. The van der Waals surface area contributed by atoms with Gasteiger partial charge in [-0.3, -0.25) is 0 Å². The average molecular weight is 702 g/mol.